The third kappa shape index (κ3) is 1.61. The Balaban J connectivity index is 2.85. The summed E-state index contributed by atoms with van der Waals surface area (Å²) in [6, 6.07) is 0. The van der Waals surface area contributed by atoms with E-state index in [9.17, 15) is 15.0 Å². The summed E-state index contributed by atoms with van der Waals surface area (Å²) in [5.74, 6) is -2.82. The van der Waals surface area contributed by atoms with Crippen molar-refractivity contribution in [2.24, 2.45) is 0 Å². The van der Waals surface area contributed by atoms with Crippen molar-refractivity contribution >= 4 is 5.97 Å². The molecule has 0 saturated carbocycles. The maximum absolute atomic E-state index is 10.7. The maximum atomic E-state index is 10.7. The van der Waals surface area contributed by atoms with Gasteiger partial charge in [-0.25, -0.2) is 0 Å². The average Bonchev–Trinajstić information content (AvgIpc) is 2.22. The van der Waals surface area contributed by atoms with Crippen LogP contribution in [0.25, 0.3) is 0 Å². The van der Waals surface area contributed by atoms with Gasteiger partial charge in [-0.05, 0) is 6.92 Å². The highest BCUT2D eigenvalue weighted by atomic mass is 16.7. The van der Waals surface area contributed by atoms with Crippen LogP contribution in [0, 0.1) is 0 Å². The molecule has 14 heavy (non-hydrogen) atoms. The van der Waals surface area contributed by atoms with E-state index in [0.717, 1.165) is 6.92 Å². The summed E-state index contributed by atoms with van der Waals surface area (Å²) in [6.07, 6.45) is -0.966. The van der Waals surface area contributed by atoms with Gasteiger partial charge in [-0.1, -0.05) is 0 Å². The number of carbonyl (C=O) groups is 1. The smallest absolute Gasteiger partial charge is 0.305 e. The van der Waals surface area contributed by atoms with E-state index in [4.69, 9.17) is 9.84 Å². The summed E-state index contributed by atoms with van der Waals surface area (Å²) in [7, 11) is 0. The van der Waals surface area contributed by atoms with Crippen molar-refractivity contribution in [3.8, 4) is 0 Å². The molecule has 3 atom stereocenters. The van der Waals surface area contributed by atoms with Crippen molar-refractivity contribution in [2.75, 3.05) is 13.2 Å². The Hall–Kier alpha value is -0.690. The third-order valence-corrected chi connectivity index (χ3v) is 2.38. The predicted octanol–water partition coefficient (Wildman–Crippen LogP) is -1.62. The molecular formula is C8H14O6. The average molecular weight is 206 g/mol. The first kappa shape index (κ1) is 11.4. The van der Waals surface area contributed by atoms with Crippen molar-refractivity contribution in [1.29, 1.82) is 0 Å². The van der Waals surface area contributed by atoms with Gasteiger partial charge in [-0.15, -0.1) is 0 Å². The number of ether oxygens (including phenoxy) is 2. The molecule has 0 unspecified atom stereocenters. The summed E-state index contributed by atoms with van der Waals surface area (Å²) in [5.41, 5.74) is -1.81. The molecule has 6 heteroatoms. The molecule has 1 rings (SSSR count). The number of carbonyl (C=O) groups excluding carboxylic acids is 1. The Kier molecular flexibility index (Phi) is 2.82. The summed E-state index contributed by atoms with van der Waals surface area (Å²) in [5, 5.41) is 28.4. The lowest BCUT2D eigenvalue weighted by molar-refractivity contribution is -0.263. The van der Waals surface area contributed by atoms with Crippen LogP contribution in [0.1, 0.15) is 13.8 Å². The summed E-state index contributed by atoms with van der Waals surface area (Å²) >= 11 is 0. The van der Waals surface area contributed by atoms with Crippen LogP contribution in [-0.2, 0) is 14.3 Å². The molecule has 0 aliphatic carbocycles. The Labute approximate surface area is 81.1 Å². The van der Waals surface area contributed by atoms with Crippen molar-refractivity contribution in [1.82, 2.24) is 0 Å². The van der Waals surface area contributed by atoms with Gasteiger partial charge in [0.25, 0.3) is 5.79 Å². The van der Waals surface area contributed by atoms with Gasteiger partial charge in [0.05, 0.1) is 6.61 Å². The van der Waals surface area contributed by atoms with Crippen LogP contribution in [0.4, 0.5) is 0 Å². The first-order chi connectivity index (χ1) is 6.33. The Morgan fingerprint density at radius 1 is 1.64 bits per heavy atom. The van der Waals surface area contributed by atoms with Crippen LogP contribution in [0.2, 0.25) is 0 Å². The van der Waals surface area contributed by atoms with Crippen molar-refractivity contribution < 1.29 is 29.6 Å². The highest BCUT2D eigenvalue weighted by molar-refractivity contribution is 5.66. The van der Waals surface area contributed by atoms with Gasteiger partial charge < -0.3 is 24.8 Å². The summed E-state index contributed by atoms with van der Waals surface area (Å²) in [6.45, 7) is 1.53. The van der Waals surface area contributed by atoms with Gasteiger partial charge in [-0.3, -0.25) is 4.79 Å². The molecule has 82 valence electrons. The van der Waals surface area contributed by atoms with Crippen LogP contribution >= 0.6 is 0 Å². The molecule has 3 N–H and O–H groups in total. The predicted molar refractivity (Wildman–Crippen MR) is 44.2 cm³/mol. The monoisotopic (exact) mass is 206 g/mol. The largest absolute Gasteiger partial charge is 0.428 e. The van der Waals surface area contributed by atoms with Crippen LogP contribution in [0.5, 0.6) is 0 Å². The first-order valence-corrected chi connectivity index (χ1v) is 4.20. The number of hydrogen-bond acceptors (Lipinski definition) is 6. The quantitative estimate of drug-likeness (QED) is 0.371. The van der Waals surface area contributed by atoms with Gasteiger partial charge in [0.1, 0.15) is 12.7 Å². The maximum Gasteiger partial charge on any atom is 0.305 e. The SMILES string of the molecule is CC(=O)O[C@]1(O)CO[C@H](CO)[C@@]1(C)O. The molecule has 0 bridgehead atoms. The van der Waals surface area contributed by atoms with E-state index in [1.54, 1.807) is 0 Å². The Morgan fingerprint density at radius 2 is 2.21 bits per heavy atom. The minimum atomic E-state index is -2.09. The molecule has 6 nitrogen and oxygen atoms in total. The fourth-order valence-electron chi connectivity index (χ4n) is 1.37. The Bertz CT molecular complexity index is 238. The van der Waals surface area contributed by atoms with Gasteiger partial charge in [0, 0.05) is 6.92 Å². The molecule has 0 aromatic carbocycles. The van der Waals surface area contributed by atoms with Crippen molar-refractivity contribution in [2.45, 2.75) is 31.3 Å². The minimum absolute atomic E-state index is 0.356. The second-order valence-corrected chi connectivity index (χ2v) is 3.51. The molecular weight excluding hydrogens is 192 g/mol. The number of esters is 1. The zero-order chi connectivity index (χ0) is 11.0. The Morgan fingerprint density at radius 3 is 2.57 bits per heavy atom. The van der Waals surface area contributed by atoms with E-state index in [1.165, 1.54) is 6.92 Å². The normalized spacial score (nSPS) is 42.5. The molecule has 0 aromatic heterocycles. The molecule has 1 aliphatic rings. The van der Waals surface area contributed by atoms with Crippen LogP contribution in [0.3, 0.4) is 0 Å². The summed E-state index contributed by atoms with van der Waals surface area (Å²) in [4.78, 5) is 10.7. The lowest BCUT2D eigenvalue weighted by Gasteiger charge is -2.34. The molecule has 0 aromatic rings. The number of aliphatic hydroxyl groups is 3. The van der Waals surface area contributed by atoms with E-state index in [1.807, 2.05) is 0 Å². The lowest BCUT2D eigenvalue weighted by Crippen LogP contribution is -2.57. The van der Waals surface area contributed by atoms with Gasteiger partial charge in [0.15, 0.2) is 5.60 Å². The highest BCUT2D eigenvalue weighted by Crippen LogP contribution is 2.35. The van der Waals surface area contributed by atoms with E-state index < -0.39 is 30.1 Å². The van der Waals surface area contributed by atoms with Crippen LogP contribution < -0.4 is 0 Å². The molecule has 1 fully saturated rings. The third-order valence-electron chi connectivity index (χ3n) is 2.38. The van der Waals surface area contributed by atoms with Gasteiger partial charge >= 0.3 is 5.97 Å². The highest BCUT2D eigenvalue weighted by Gasteiger charge is 2.60. The molecule has 0 spiro atoms. The standard InChI is InChI=1S/C8H14O6/c1-5(10)14-8(12)4-13-6(3-9)7(8,2)11/h6,9,11-12H,3-4H2,1-2H3/t6-,7-,8-/m1/s1. The van der Waals surface area contributed by atoms with Crippen LogP contribution in [-0.4, -0.2) is 52.0 Å². The van der Waals surface area contributed by atoms with Crippen LogP contribution in [0.15, 0.2) is 0 Å². The molecule has 0 radical (unpaired) electrons. The van der Waals surface area contributed by atoms with E-state index >= 15 is 0 Å². The first-order valence-electron chi connectivity index (χ1n) is 4.20. The lowest BCUT2D eigenvalue weighted by atomic mass is 9.92. The summed E-state index contributed by atoms with van der Waals surface area (Å²) < 4.78 is 9.48. The van der Waals surface area contributed by atoms with E-state index in [-0.39, 0.29) is 6.61 Å². The number of hydrogen-bond donors (Lipinski definition) is 3. The van der Waals surface area contributed by atoms with E-state index in [2.05, 4.69) is 4.74 Å². The number of rotatable bonds is 2. The van der Waals surface area contributed by atoms with Gasteiger partial charge in [-0.2, -0.15) is 0 Å². The molecule has 1 saturated heterocycles. The van der Waals surface area contributed by atoms with Crippen molar-refractivity contribution in [3.05, 3.63) is 0 Å². The topological polar surface area (TPSA) is 96.2 Å². The minimum Gasteiger partial charge on any atom is -0.428 e. The van der Waals surface area contributed by atoms with Gasteiger partial charge in [0.2, 0.25) is 0 Å². The second-order valence-electron chi connectivity index (χ2n) is 3.51. The fraction of sp³-hybridized carbons (Fsp3) is 0.875. The molecule has 0 amide bonds. The zero-order valence-corrected chi connectivity index (χ0v) is 8.06. The molecule has 1 aliphatic heterocycles. The zero-order valence-electron chi connectivity index (χ0n) is 8.06. The molecule has 1 heterocycles. The second kappa shape index (κ2) is 3.47. The van der Waals surface area contributed by atoms with Crippen molar-refractivity contribution in [3.63, 3.8) is 0 Å². The number of aliphatic hydroxyl groups excluding tert-OH is 1. The fourth-order valence-corrected chi connectivity index (χ4v) is 1.37. The van der Waals surface area contributed by atoms with E-state index in [0.29, 0.717) is 0 Å².